The first-order valence-corrected chi connectivity index (χ1v) is 6.98. The number of nitrogens with zero attached hydrogens (tertiary/aromatic N) is 1. The number of ether oxygens (including phenoxy) is 2. The van der Waals surface area contributed by atoms with E-state index < -0.39 is 0 Å². The highest BCUT2D eigenvalue weighted by Gasteiger charge is 2.20. The molecule has 5 heteroatoms. The van der Waals surface area contributed by atoms with Crippen LogP contribution < -0.4 is 4.74 Å². The summed E-state index contributed by atoms with van der Waals surface area (Å²) in [5.74, 6) is 6.43. The summed E-state index contributed by atoms with van der Waals surface area (Å²) in [6, 6.07) is 5.73. The lowest BCUT2D eigenvalue weighted by atomic mass is 10.1. The fourth-order valence-electron chi connectivity index (χ4n) is 2.36. The monoisotopic (exact) mass is 291 g/mol. The fourth-order valence-corrected chi connectivity index (χ4v) is 2.36. The number of morpholine rings is 1. The molecule has 0 amide bonds. The van der Waals surface area contributed by atoms with Gasteiger partial charge in [-0.25, -0.2) is 0 Å². The molecule has 1 aliphatic rings. The minimum atomic E-state index is -0.157. The van der Waals surface area contributed by atoms with Crippen molar-refractivity contribution in [2.75, 3.05) is 40.0 Å². The Morgan fingerprint density at radius 1 is 1.43 bits per heavy atom. The van der Waals surface area contributed by atoms with Gasteiger partial charge in [0, 0.05) is 25.2 Å². The summed E-state index contributed by atoms with van der Waals surface area (Å²) < 4.78 is 10.7. The number of aliphatic hydroxyl groups is 2. The normalized spacial score (nSPS) is 18.9. The first-order chi connectivity index (χ1) is 10.3. The molecule has 0 aliphatic carbocycles. The van der Waals surface area contributed by atoms with E-state index in [4.69, 9.17) is 14.6 Å². The molecule has 1 aromatic carbocycles. The molecule has 1 saturated heterocycles. The molecule has 0 aromatic heterocycles. The van der Waals surface area contributed by atoms with Crippen LogP contribution >= 0.6 is 0 Å². The number of hydrogen-bond acceptors (Lipinski definition) is 5. The number of hydrogen-bond donors (Lipinski definition) is 2. The second kappa shape index (κ2) is 8.01. The van der Waals surface area contributed by atoms with E-state index >= 15 is 0 Å². The van der Waals surface area contributed by atoms with Gasteiger partial charge in [0.05, 0.1) is 26.4 Å². The number of rotatable bonds is 4. The van der Waals surface area contributed by atoms with Crippen molar-refractivity contribution in [3.05, 3.63) is 29.3 Å². The van der Waals surface area contributed by atoms with Crippen molar-refractivity contribution in [1.82, 2.24) is 4.90 Å². The zero-order chi connectivity index (χ0) is 15.1. The lowest BCUT2D eigenvalue weighted by Gasteiger charge is -2.32. The molecule has 1 aliphatic heterocycles. The molecule has 0 saturated carbocycles. The summed E-state index contributed by atoms with van der Waals surface area (Å²) in [5, 5.41) is 18.1. The smallest absolute Gasteiger partial charge is 0.119 e. The van der Waals surface area contributed by atoms with E-state index in [-0.39, 0.29) is 19.3 Å². The van der Waals surface area contributed by atoms with Gasteiger partial charge in [0.15, 0.2) is 0 Å². The van der Waals surface area contributed by atoms with Gasteiger partial charge in [-0.05, 0) is 23.8 Å². The maximum atomic E-state index is 9.21. The van der Waals surface area contributed by atoms with Gasteiger partial charge in [0.1, 0.15) is 12.4 Å². The predicted octanol–water partition coefficient (Wildman–Crippen LogP) is 0.232. The minimum Gasteiger partial charge on any atom is -0.497 e. The van der Waals surface area contributed by atoms with Crippen molar-refractivity contribution < 1.29 is 19.7 Å². The zero-order valence-corrected chi connectivity index (χ0v) is 12.2. The molecule has 1 heterocycles. The maximum Gasteiger partial charge on any atom is 0.119 e. The van der Waals surface area contributed by atoms with Crippen molar-refractivity contribution in [3.63, 3.8) is 0 Å². The largest absolute Gasteiger partial charge is 0.497 e. The SMILES string of the molecule is COc1ccc(C#CCO)c(CN2CCOC(CO)C2)c1. The molecule has 0 spiro atoms. The molecule has 2 N–H and O–H groups in total. The maximum absolute atomic E-state index is 9.21. The second-order valence-corrected chi connectivity index (χ2v) is 4.89. The lowest BCUT2D eigenvalue weighted by Crippen LogP contribution is -2.43. The van der Waals surface area contributed by atoms with E-state index in [2.05, 4.69) is 16.7 Å². The average molecular weight is 291 g/mol. The van der Waals surface area contributed by atoms with Gasteiger partial charge in [0.25, 0.3) is 0 Å². The summed E-state index contributed by atoms with van der Waals surface area (Å²) in [6.45, 7) is 2.72. The highest BCUT2D eigenvalue weighted by Crippen LogP contribution is 2.20. The topological polar surface area (TPSA) is 62.2 Å². The van der Waals surface area contributed by atoms with E-state index in [1.165, 1.54) is 0 Å². The zero-order valence-electron chi connectivity index (χ0n) is 12.2. The molecule has 114 valence electrons. The van der Waals surface area contributed by atoms with Crippen molar-refractivity contribution in [2.45, 2.75) is 12.6 Å². The summed E-state index contributed by atoms with van der Waals surface area (Å²) in [5.41, 5.74) is 1.94. The van der Waals surface area contributed by atoms with Gasteiger partial charge >= 0.3 is 0 Å². The third-order valence-corrected chi connectivity index (χ3v) is 3.44. The van der Waals surface area contributed by atoms with Gasteiger partial charge in [-0.2, -0.15) is 0 Å². The molecule has 1 aromatic rings. The van der Waals surface area contributed by atoms with E-state index in [9.17, 15) is 5.11 Å². The third kappa shape index (κ3) is 4.45. The van der Waals surface area contributed by atoms with Crippen LogP contribution in [0.2, 0.25) is 0 Å². The van der Waals surface area contributed by atoms with Crippen LogP contribution in [0.5, 0.6) is 5.75 Å². The van der Waals surface area contributed by atoms with Crippen molar-refractivity contribution in [1.29, 1.82) is 0 Å². The van der Waals surface area contributed by atoms with Gasteiger partial charge in [-0.3, -0.25) is 4.90 Å². The van der Waals surface area contributed by atoms with Crippen LogP contribution in [0.1, 0.15) is 11.1 Å². The molecule has 0 bridgehead atoms. The first-order valence-electron chi connectivity index (χ1n) is 6.98. The second-order valence-electron chi connectivity index (χ2n) is 4.89. The summed E-state index contributed by atoms with van der Waals surface area (Å²) in [7, 11) is 1.63. The Balaban J connectivity index is 2.16. The van der Waals surface area contributed by atoms with E-state index in [0.717, 1.165) is 23.4 Å². The Morgan fingerprint density at radius 3 is 3.00 bits per heavy atom. The minimum absolute atomic E-state index is 0.0335. The molecule has 5 nitrogen and oxygen atoms in total. The third-order valence-electron chi connectivity index (χ3n) is 3.44. The number of benzene rings is 1. The Bertz CT molecular complexity index is 521. The predicted molar refractivity (Wildman–Crippen MR) is 79.1 cm³/mol. The van der Waals surface area contributed by atoms with Gasteiger partial charge in [0.2, 0.25) is 0 Å². The van der Waals surface area contributed by atoms with Gasteiger partial charge in [-0.1, -0.05) is 11.8 Å². The summed E-state index contributed by atoms with van der Waals surface area (Å²) >= 11 is 0. The molecule has 1 unspecified atom stereocenters. The quantitative estimate of drug-likeness (QED) is 0.778. The Hall–Kier alpha value is -1.58. The summed E-state index contributed by atoms with van der Waals surface area (Å²) in [6.07, 6.45) is -0.128. The van der Waals surface area contributed by atoms with Gasteiger partial charge < -0.3 is 19.7 Å². The molecular weight excluding hydrogens is 270 g/mol. The Labute approximate surface area is 125 Å². The average Bonchev–Trinajstić information content (AvgIpc) is 2.53. The summed E-state index contributed by atoms with van der Waals surface area (Å²) in [4.78, 5) is 2.23. The van der Waals surface area contributed by atoms with Crippen molar-refractivity contribution >= 4 is 0 Å². The fraction of sp³-hybridized carbons (Fsp3) is 0.500. The molecule has 1 fully saturated rings. The van der Waals surface area contributed by atoms with Crippen LogP contribution in [0, 0.1) is 11.8 Å². The van der Waals surface area contributed by atoms with Crippen molar-refractivity contribution in [2.24, 2.45) is 0 Å². The molecule has 0 radical (unpaired) electrons. The lowest BCUT2D eigenvalue weighted by molar-refractivity contribution is -0.0551. The first kappa shape index (κ1) is 15.8. The highest BCUT2D eigenvalue weighted by atomic mass is 16.5. The van der Waals surface area contributed by atoms with E-state index in [0.29, 0.717) is 19.7 Å². The highest BCUT2D eigenvalue weighted by molar-refractivity contribution is 5.45. The molecule has 2 rings (SSSR count). The van der Waals surface area contributed by atoms with Crippen LogP contribution in [0.25, 0.3) is 0 Å². The standard InChI is InChI=1S/C16H21NO4/c1-20-15-5-4-13(3-2-7-18)14(9-15)10-17-6-8-21-16(11-17)12-19/h4-5,9,16,18-19H,6-8,10-12H2,1H3. The van der Waals surface area contributed by atoms with Gasteiger partial charge in [-0.15, -0.1) is 0 Å². The Kier molecular flexibility index (Phi) is 6.03. The van der Waals surface area contributed by atoms with Crippen LogP contribution in [0.4, 0.5) is 0 Å². The number of aliphatic hydroxyl groups excluding tert-OH is 2. The Morgan fingerprint density at radius 2 is 2.29 bits per heavy atom. The van der Waals surface area contributed by atoms with Crippen molar-refractivity contribution in [3.8, 4) is 17.6 Å². The molecule has 1 atom stereocenters. The number of methoxy groups -OCH3 is 1. The van der Waals surface area contributed by atoms with E-state index in [1.54, 1.807) is 7.11 Å². The van der Waals surface area contributed by atoms with E-state index in [1.807, 2.05) is 18.2 Å². The molecule has 21 heavy (non-hydrogen) atoms. The van der Waals surface area contributed by atoms with Crippen LogP contribution in [0.15, 0.2) is 18.2 Å². The van der Waals surface area contributed by atoms with Crippen LogP contribution in [-0.4, -0.2) is 61.2 Å². The molecular formula is C16H21NO4. The van der Waals surface area contributed by atoms with Crippen LogP contribution in [-0.2, 0) is 11.3 Å². The van der Waals surface area contributed by atoms with Crippen LogP contribution in [0.3, 0.4) is 0 Å².